The van der Waals surface area contributed by atoms with E-state index in [1.54, 1.807) is 0 Å². The van der Waals surface area contributed by atoms with Crippen LogP contribution in [0.3, 0.4) is 0 Å². The largest absolute Gasteiger partial charge is 0.366 e. The number of nitrogens with two attached hydrogens (primary N) is 1. The third kappa shape index (κ3) is 3.52. The molecular formula is C16H27N5. The Morgan fingerprint density at radius 3 is 2.52 bits per heavy atom. The van der Waals surface area contributed by atoms with Crippen LogP contribution in [0.5, 0.6) is 0 Å². The molecule has 1 saturated heterocycles. The zero-order valence-corrected chi connectivity index (χ0v) is 13.3. The molecule has 3 rings (SSSR count). The molecule has 1 aliphatic heterocycles. The molecule has 21 heavy (non-hydrogen) atoms. The number of rotatable bonds is 5. The van der Waals surface area contributed by atoms with Gasteiger partial charge in [0.05, 0.1) is 17.6 Å². The molecule has 2 fully saturated rings. The molecule has 0 radical (unpaired) electrons. The van der Waals surface area contributed by atoms with Crippen molar-refractivity contribution in [3.05, 3.63) is 17.7 Å². The first-order chi connectivity index (χ1) is 10.2. The number of anilines is 1. The summed E-state index contributed by atoms with van der Waals surface area (Å²) in [5.41, 5.74) is 8.02. The van der Waals surface area contributed by atoms with E-state index in [9.17, 15) is 0 Å². The van der Waals surface area contributed by atoms with Gasteiger partial charge in [-0.05, 0) is 18.8 Å². The highest BCUT2D eigenvalue weighted by Gasteiger charge is 2.27. The van der Waals surface area contributed by atoms with E-state index in [2.05, 4.69) is 33.6 Å². The summed E-state index contributed by atoms with van der Waals surface area (Å²) >= 11 is 0. The maximum Gasteiger partial charge on any atom is 0.131 e. The van der Waals surface area contributed by atoms with Crippen molar-refractivity contribution in [2.45, 2.75) is 39.2 Å². The Kier molecular flexibility index (Phi) is 4.40. The van der Waals surface area contributed by atoms with Gasteiger partial charge < -0.3 is 10.6 Å². The van der Waals surface area contributed by atoms with Crippen LogP contribution in [0.15, 0.2) is 6.20 Å². The molecule has 0 bridgehead atoms. The first-order valence-corrected chi connectivity index (χ1v) is 8.20. The van der Waals surface area contributed by atoms with Gasteiger partial charge in [-0.25, -0.2) is 9.97 Å². The van der Waals surface area contributed by atoms with Gasteiger partial charge in [-0.3, -0.25) is 4.90 Å². The molecule has 2 heterocycles. The Morgan fingerprint density at radius 2 is 1.95 bits per heavy atom. The second-order valence-corrected chi connectivity index (χ2v) is 6.65. The molecule has 5 heteroatoms. The summed E-state index contributed by atoms with van der Waals surface area (Å²) in [6, 6.07) is 0. The number of hydrogen-bond donors (Lipinski definition) is 1. The first-order valence-electron chi connectivity index (χ1n) is 8.20. The Morgan fingerprint density at radius 1 is 1.24 bits per heavy atom. The molecule has 0 spiro atoms. The predicted octanol–water partition coefficient (Wildman–Crippen LogP) is 1.59. The molecule has 116 valence electrons. The number of piperazine rings is 1. The fourth-order valence-corrected chi connectivity index (χ4v) is 2.96. The fourth-order valence-electron chi connectivity index (χ4n) is 2.96. The smallest absolute Gasteiger partial charge is 0.131 e. The summed E-state index contributed by atoms with van der Waals surface area (Å²) in [5, 5.41) is 0. The molecule has 2 aliphatic rings. The summed E-state index contributed by atoms with van der Waals surface area (Å²) in [5.74, 6) is 2.22. The number of aromatic nitrogens is 2. The first kappa shape index (κ1) is 14.7. The minimum atomic E-state index is 0.347. The van der Waals surface area contributed by atoms with Crippen molar-refractivity contribution >= 4 is 5.69 Å². The normalized spacial score (nSPS) is 20.3. The van der Waals surface area contributed by atoms with Crippen LogP contribution in [0, 0.1) is 5.92 Å². The van der Waals surface area contributed by atoms with Crippen LogP contribution in [-0.4, -0.2) is 47.6 Å². The maximum absolute atomic E-state index is 5.90. The lowest BCUT2D eigenvalue weighted by molar-refractivity contribution is 0.248. The van der Waals surface area contributed by atoms with Crippen molar-refractivity contribution in [3.63, 3.8) is 0 Å². The Hall–Kier alpha value is -1.20. The van der Waals surface area contributed by atoms with Gasteiger partial charge in [-0.15, -0.1) is 0 Å². The van der Waals surface area contributed by atoms with Gasteiger partial charge in [-0.2, -0.15) is 0 Å². The summed E-state index contributed by atoms with van der Waals surface area (Å²) in [6.45, 7) is 10.4. The van der Waals surface area contributed by atoms with E-state index < -0.39 is 0 Å². The SMILES string of the molecule is CC(C)c1ncc(N2CCN(CC3CC3)CC2)c(CN)n1. The van der Waals surface area contributed by atoms with Crippen molar-refractivity contribution in [1.29, 1.82) is 0 Å². The zero-order valence-electron chi connectivity index (χ0n) is 13.3. The summed E-state index contributed by atoms with van der Waals surface area (Å²) in [7, 11) is 0. The van der Waals surface area contributed by atoms with Crippen molar-refractivity contribution < 1.29 is 0 Å². The van der Waals surface area contributed by atoms with E-state index in [0.717, 1.165) is 49.3 Å². The summed E-state index contributed by atoms with van der Waals surface area (Å²) in [4.78, 5) is 14.2. The molecule has 1 aromatic rings. The second-order valence-electron chi connectivity index (χ2n) is 6.65. The second kappa shape index (κ2) is 6.28. The van der Waals surface area contributed by atoms with E-state index in [4.69, 9.17) is 5.73 Å². The lowest BCUT2D eigenvalue weighted by atomic mass is 10.2. The van der Waals surface area contributed by atoms with Gasteiger partial charge in [-0.1, -0.05) is 13.8 Å². The summed E-state index contributed by atoms with van der Waals surface area (Å²) < 4.78 is 0. The minimum Gasteiger partial charge on any atom is -0.366 e. The van der Waals surface area contributed by atoms with Gasteiger partial charge in [0.1, 0.15) is 5.82 Å². The molecule has 0 amide bonds. The van der Waals surface area contributed by atoms with Crippen LogP contribution >= 0.6 is 0 Å². The average Bonchev–Trinajstić information content (AvgIpc) is 3.31. The van der Waals surface area contributed by atoms with Gasteiger partial charge in [0.25, 0.3) is 0 Å². The highest BCUT2D eigenvalue weighted by Crippen LogP contribution is 2.30. The fraction of sp³-hybridized carbons (Fsp3) is 0.750. The molecule has 2 N–H and O–H groups in total. The Labute approximate surface area is 127 Å². The zero-order chi connectivity index (χ0) is 14.8. The highest BCUT2D eigenvalue weighted by molar-refractivity contribution is 5.49. The predicted molar refractivity (Wildman–Crippen MR) is 85.4 cm³/mol. The van der Waals surface area contributed by atoms with Crippen molar-refractivity contribution in [2.24, 2.45) is 11.7 Å². The van der Waals surface area contributed by atoms with Crippen LogP contribution in [-0.2, 0) is 6.54 Å². The maximum atomic E-state index is 5.90. The standard InChI is InChI=1S/C16H27N5/c1-12(2)16-18-10-15(14(9-17)19-16)21-7-5-20(6-8-21)11-13-3-4-13/h10,12-13H,3-9,11,17H2,1-2H3. The molecule has 0 atom stereocenters. The molecule has 0 aromatic carbocycles. The van der Waals surface area contributed by atoms with Gasteiger partial charge in [0.15, 0.2) is 0 Å². The van der Waals surface area contributed by atoms with E-state index in [1.165, 1.54) is 19.4 Å². The van der Waals surface area contributed by atoms with E-state index in [-0.39, 0.29) is 0 Å². The molecule has 1 aromatic heterocycles. The number of hydrogen-bond acceptors (Lipinski definition) is 5. The van der Waals surface area contributed by atoms with Crippen LogP contribution in [0.1, 0.15) is 44.1 Å². The monoisotopic (exact) mass is 289 g/mol. The quantitative estimate of drug-likeness (QED) is 0.892. The molecule has 1 saturated carbocycles. The van der Waals surface area contributed by atoms with Crippen molar-refractivity contribution in [1.82, 2.24) is 14.9 Å². The van der Waals surface area contributed by atoms with E-state index in [0.29, 0.717) is 12.5 Å². The van der Waals surface area contributed by atoms with Crippen LogP contribution in [0.4, 0.5) is 5.69 Å². The Bertz CT molecular complexity index is 476. The van der Waals surface area contributed by atoms with Gasteiger partial charge in [0.2, 0.25) is 0 Å². The topological polar surface area (TPSA) is 58.3 Å². The van der Waals surface area contributed by atoms with Crippen LogP contribution in [0.25, 0.3) is 0 Å². The third-order valence-corrected chi connectivity index (χ3v) is 4.50. The number of nitrogens with zero attached hydrogens (tertiary/aromatic N) is 4. The molecule has 0 unspecified atom stereocenters. The molecule has 5 nitrogen and oxygen atoms in total. The lowest BCUT2D eigenvalue weighted by Crippen LogP contribution is -2.47. The van der Waals surface area contributed by atoms with Gasteiger partial charge >= 0.3 is 0 Å². The molecule has 1 aliphatic carbocycles. The van der Waals surface area contributed by atoms with E-state index in [1.807, 2.05) is 6.20 Å². The van der Waals surface area contributed by atoms with Crippen LogP contribution in [0.2, 0.25) is 0 Å². The van der Waals surface area contributed by atoms with Gasteiger partial charge in [0, 0.05) is 45.2 Å². The van der Waals surface area contributed by atoms with Crippen molar-refractivity contribution in [2.75, 3.05) is 37.6 Å². The highest BCUT2D eigenvalue weighted by atomic mass is 15.3. The average molecular weight is 289 g/mol. The minimum absolute atomic E-state index is 0.347. The van der Waals surface area contributed by atoms with E-state index >= 15 is 0 Å². The Balaban J connectivity index is 1.66. The van der Waals surface area contributed by atoms with Crippen LogP contribution < -0.4 is 10.6 Å². The molecular weight excluding hydrogens is 262 g/mol. The lowest BCUT2D eigenvalue weighted by Gasteiger charge is -2.36. The summed E-state index contributed by atoms with van der Waals surface area (Å²) in [6.07, 6.45) is 4.84. The third-order valence-electron chi connectivity index (χ3n) is 4.50. The van der Waals surface area contributed by atoms with Crippen molar-refractivity contribution in [3.8, 4) is 0 Å².